The van der Waals surface area contributed by atoms with E-state index in [4.69, 9.17) is 4.74 Å². The molecule has 0 unspecified atom stereocenters. The van der Waals surface area contributed by atoms with Gasteiger partial charge in [0.1, 0.15) is 11.8 Å². The topological polar surface area (TPSA) is 96.0 Å². The molecule has 10 heteroatoms. The molecule has 0 saturated heterocycles. The summed E-state index contributed by atoms with van der Waals surface area (Å²) in [4.78, 5) is 29.2. The van der Waals surface area contributed by atoms with Crippen molar-refractivity contribution < 1.29 is 22.7 Å². The molecule has 1 N–H and O–H groups in total. The van der Waals surface area contributed by atoms with Gasteiger partial charge in [-0.1, -0.05) is 71.4 Å². The van der Waals surface area contributed by atoms with E-state index in [1.54, 1.807) is 29.2 Å². The Balaban J connectivity index is 1.89. The summed E-state index contributed by atoms with van der Waals surface area (Å²) in [6.07, 6.45) is 2.58. The van der Waals surface area contributed by atoms with Gasteiger partial charge in [0.2, 0.25) is 21.8 Å². The number of anilines is 1. The molecule has 0 heterocycles. The van der Waals surface area contributed by atoms with E-state index >= 15 is 0 Å². The van der Waals surface area contributed by atoms with Crippen LogP contribution in [-0.4, -0.2) is 57.1 Å². The molecule has 0 aromatic heterocycles. The third kappa shape index (κ3) is 9.87. The third-order valence-electron chi connectivity index (χ3n) is 7.01. The monoisotopic (exact) mass is 657 g/mol. The van der Waals surface area contributed by atoms with Crippen LogP contribution in [0.15, 0.2) is 83.3 Å². The van der Waals surface area contributed by atoms with Gasteiger partial charge in [-0.05, 0) is 55.2 Å². The lowest BCUT2D eigenvalue weighted by molar-refractivity contribution is -0.141. The largest absolute Gasteiger partial charge is 0.497 e. The van der Waals surface area contributed by atoms with E-state index in [1.807, 2.05) is 68.4 Å². The van der Waals surface area contributed by atoms with Crippen LogP contribution in [0, 0.1) is 0 Å². The molecule has 0 spiro atoms. The maximum absolute atomic E-state index is 13.9. The first-order valence-corrected chi connectivity index (χ1v) is 16.7. The Morgan fingerprint density at radius 2 is 1.67 bits per heavy atom. The molecule has 0 radical (unpaired) electrons. The number of benzene rings is 3. The minimum atomic E-state index is -3.62. The number of carbonyl (C=O) groups is 2. The van der Waals surface area contributed by atoms with Crippen molar-refractivity contribution in [3.8, 4) is 5.75 Å². The van der Waals surface area contributed by atoms with Crippen LogP contribution in [0.2, 0.25) is 0 Å². The Labute approximate surface area is 258 Å². The SMILES string of the molecule is CC[C@@H](C)NC(=O)[C@@H](Cc1ccccc1)N(Cc1cccc(Br)c1)C(=O)CCCN(c1cccc(OC)c1)S(C)(=O)=O. The van der Waals surface area contributed by atoms with Crippen LogP contribution in [0.5, 0.6) is 5.75 Å². The molecule has 3 aromatic carbocycles. The number of hydrogen-bond donors (Lipinski definition) is 1. The van der Waals surface area contributed by atoms with Crippen LogP contribution in [0.4, 0.5) is 5.69 Å². The third-order valence-corrected chi connectivity index (χ3v) is 8.69. The molecule has 0 aliphatic heterocycles. The lowest BCUT2D eigenvalue weighted by atomic mass is 10.0. The van der Waals surface area contributed by atoms with E-state index in [1.165, 1.54) is 11.4 Å². The zero-order valence-electron chi connectivity index (χ0n) is 24.6. The van der Waals surface area contributed by atoms with Crippen molar-refractivity contribution in [2.75, 3.05) is 24.2 Å². The predicted molar refractivity (Wildman–Crippen MR) is 171 cm³/mol. The van der Waals surface area contributed by atoms with E-state index in [-0.39, 0.29) is 43.8 Å². The van der Waals surface area contributed by atoms with Crippen molar-refractivity contribution in [3.63, 3.8) is 0 Å². The van der Waals surface area contributed by atoms with Crippen LogP contribution in [-0.2, 0) is 32.6 Å². The van der Waals surface area contributed by atoms with Gasteiger partial charge in [0.05, 0.1) is 19.1 Å². The maximum Gasteiger partial charge on any atom is 0.243 e. The van der Waals surface area contributed by atoms with Gasteiger partial charge in [-0.25, -0.2) is 8.42 Å². The minimum absolute atomic E-state index is 0.0511. The van der Waals surface area contributed by atoms with Gasteiger partial charge in [-0.3, -0.25) is 13.9 Å². The number of nitrogens with zero attached hydrogens (tertiary/aromatic N) is 2. The van der Waals surface area contributed by atoms with Crippen molar-refractivity contribution in [2.24, 2.45) is 0 Å². The molecule has 0 aliphatic rings. The minimum Gasteiger partial charge on any atom is -0.497 e. The first-order chi connectivity index (χ1) is 20.0. The summed E-state index contributed by atoms with van der Waals surface area (Å²) in [6, 6.07) is 23.3. The number of sulfonamides is 1. The predicted octanol–water partition coefficient (Wildman–Crippen LogP) is 5.56. The Hall–Kier alpha value is -3.37. The first kappa shape index (κ1) is 33.1. The lowest BCUT2D eigenvalue weighted by Crippen LogP contribution is -2.52. The quantitative estimate of drug-likeness (QED) is 0.231. The zero-order chi connectivity index (χ0) is 30.7. The normalized spacial score (nSPS) is 12.7. The highest BCUT2D eigenvalue weighted by Crippen LogP contribution is 2.24. The molecule has 42 heavy (non-hydrogen) atoms. The standard InChI is InChI=1S/C32H40BrN3O5S/c1-5-24(2)34-32(38)30(21-25-12-7-6-8-13-25)35(23-26-14-9-15-27(33)20-26)31(37)18-11-19-36(42(4,39)40)28-16-10-17-29(22-28)41-3/h6-10,12-17,20,22,24,30H,5,11,18-19,21,23H2,1-4H3,(H,34,38)/t24-,30-/m1/s1. The van der Waals surface area contributed by atoms with Crippen molar-refractivity contribution in [3.05, 3.63) is 94.5 Å². The van der Waals surface area contributed by atoms with Crippen molar-refractivity contribution in [2.45, 2.75) is 58.2 Å². The number of rotatable bonds is 15. The van der Waals surface area contributed by atoms with Gasteiger partial charge in [0.25, 0.3) is 0 Å². The number of nitrogens with one attached hydrogen (secondary N) is 1. The number of methoxy groups -OCH3 is 1. The highest BCUT2D eigenvalue weighted by molar-refractivity contribution is 9.10. The Morgan fingerprint density at radius 1 is 0.976 bits per heavy atom. The van der Waals surface area contributed by atoms with Crippen LogP contribution in [0.1, 0.15) is 44.2 Å². The molecule has 0 saturated carbocycles. The van der Waals surface area contributed by atoms with Gasteiger partial charge in [0.15, 0.2) is 0 Å². The van der Waals surface area contributed by atoms with E-state index < -0.39 is 16.1 Å². The molecule has 3 aromatic rings. The summed E-state index contributed by atoms with van der Waals surface area (Å²) in [5.74, 6) is 0.0912. The number of amides is 2. The Morgan fingerprint density at radius 3 is 2.31 bits per heavy atom. The van der Waals surface area contributed by atoms with Gasteiger partial charge in [-0.15, -0.1) is 0 Å². The maximum atomic E-state index is 13.9. The summed E-state index contributed by atoms with van der Waals surface area (Å²) in [5, 5.41) is 3.07. The molecule has 3 rings (SSSR count). The van der Waals surface area contributed by atoms with Crippen LogP contribution in [0.3, 0.4) is 0 Å². The van der Waals surface area contributed by atoms with Gasteiger partial charge < -0.3 is 15.0 Å². The number of halogens is 1. The average Bonchev–Trinajstić information content (AvgIpc) is 2.96. The molecule has 2 atom stereocenters. The average molecular weight is 659 g/mol. The Kier molecular flexibility index (Phi) is 12.4. The molecule has 0 fully saturated rings. The van der Waals surface area contributed by atoms with Gasteiger partial charge >= 0.3 is 0 Å². The second kappa shape index (κ2) is 15.7. The number of ether oxygens (including phenoxy) is 1. The molecular formula is C32H40BrN3O5S. The molecule has 8 nitrogen and oxygen atoms in total. The fraction of sp³-hybridized carbons (Fsp3) is 0.375. The van der Waals surface area contributed by atoms with E-state index in [0.29, 0.717) is 17.9 Å². The molecule has 0 bridgehead atoms. The van der Waals surface area contributed by atoms with E-state index in [9.17, 15) is 18.0 Å². The van der Waals surface area contributed by atoms with Gasteiger partial charge in [0, 0.05) is 42.5 Å². The fourth-order valence-corrected chi connectivity index (χ4v) is 6.00. The first-order valence-electron chi connectivity index (χ1n) is 14.0. The van der Waals surface area contributed by atoms with Crippen molar-refractivity contribution in [1.29, 1.82) is 0 Å². The number of carbonyl (C=O) groups excluding carboxylic acids is 2. The summed E-state index contributed by atoms with van der Waals surface area (Å²) >= 11 is 3.51. The smallest absolute Gasteiger partial charge is 0.243 e. The molecule has 2 amide bonds. The highest BCUT2D eigenvalue weighted by Gasteiger charge is 2.31. The fourth-order valence-electron chi connectivity index (χ4n) is 4.60. The second-order valence-corrected chi connectivity index (χ2v) is 13.1. The summed E-state index contributed by atoms with van der Waals surface area (Å²) in [6.45, 7) is 4.27. The molecule has 226 valence electrons. The Bertz CT molecular complexity index is 1430. The molecular weight excluding hydrogens is 618 g/mol. The number of hydrogen-bond acceptors (Lipinski definition) is 5. The van der Waals surface area contributed by atoms with Gasteiger partial charge in [-0.2, -0.15) is 0 Å². The van der Waals surface area contributed by atoms with E-state index in [2.05, 4.69) is 21.2 Å². The van der Waals surface area contributed by atoms with Crippen LogP contribution >= 0.6 is 15.9 Å². The summed E-state index contributed by atoms with van der Waals surface area (Å²) < 4.78 is 32.8. The lowest BCUT2D eigenvalue weighted by Gasteiger charge is -2.32. The van der Waals surface area contributed by atoms with Crippen molar-refractivity contribution in [1.82, 2.24) is 10.2 Å². The van der Waals surface area contributed by atoms with Crippen LogP contribution in [0.25, 0.3) is 0 Å². The van der Waals surface area contributed by atoms with Crippen LogP contribution < -0.4 is 14.4 Å². The zero-order valence-corrected chi connectivity index (χ0v) is 27.0. The summed E-state index contributed by atoms with van der Waals surface area (Å²) in [5.41, 5.74) is 2.28. The summed E-state index contributed by atoms with van der Waals surface area (Å²) in [7, 11) is -2.10. The van der Waals surface area contributed by atoms with Crippen molar-refractivity contribution >= 4 is 43.5 Å². The van der Waals surface area contributed by atoms with E-state index in [0.717, 1.165) is 28.3 Å². The highest BCUT2D eigenvalue weighted by atomic mass is 79.9. The second-order valence-electron chi connectivity index (χ2n) is 10.3. The molecule has 0 aliphatic carbocycles.